The first-order valence-electron chi connectivity index (χ1n) is 26.1. The highest BCUT2D eigenvalue weighted by atomic mass is 32.2. The van der Waals surface area contributed by atoms with Gasteiger partial charge in [-0.05, 0) is 42.1 Å². The fraction of sp³-hybridized carbons (Fsp3) is 0.593. The van der Waals surface area contributed by atoms with Gasteiger partial charge in [0.15, 0.2) is 0 Å². The van der Waals surface area contributed by atoms with Crippen molar-refractivity contribution < 1.29 is 70.6 Å². The zero-order valence-electron chi connectivity index (χ0n) is 44.9. The van der Waals surface area contributed by atoms with E-state index >= 15 is 4.39 Å². The van der Waals surface area contributed by atoms with Crippen LogP contribution in [-0.2, 0) is 68.4 Å². The Morgan fingerprint density at radius 3 is 1.77 bits per heavy atom. The molecule has 0 saturated heterocycles. The highest BCUT2D eigenvalue weighted by molar-refractivity contribution is 7.99. The van der Waals surface area contributed by atoms with E-state index in [1.807, 2.05) is 55.7 Å². The number of nitrogens with one attached hydrogen (secondary N) is 2. The predicted molar refractivity (Wildman–Crippen MR) is 286 cm³/mol. The minimum Gasteiger partial charge on any atom is -0.379 e. The summed E-state index contributed by atoms with van der Waals surface area (Å²) in [5, 5.41) is 5.56. The van der Waals surface area contributed by atoms with E-state index in [9.17, 15) is 28.4 Å². The van der Waals surface area contributed by atoms with Crippen LogP contribution < -0.4 is 16.4 Å². The molecule has 3 aromatic rings. The van der Waals surface area contributed by atoms with Crippen molar-refractivity contribution in [1.29, 1.82) is 0 Å². The van der Waals surface area contributed by atoms with Crippen molar-refractivity contribution in [3.63, 3.8) is 0 Å². The van der Waals surface area contributed by atoms with Crippen LogP contribution in [0.3, 0.4) is 0 Å². The first-order valence-corrected chi connectivity index (χ1v) is 27.3. The van der Waals surface area contributed by atoms with Gasteiger partial charge >= 0.3 is 0 Å². The molecule has 23 heteroatoms. The largest absolute Gasteiger partial charge is 0.379 e. The van der Waals surface area contributed by atoms with E-state index in [0.29, 0.717) is 150 Å². The summed E-state index contributed by atoms with van der Waals surface area (Å²) < 4.78 is 75.3. The quantitative estimate of drug-likeness (QED) is 0.0538. The molecule has 1 aliphatic heterocycles. The summed E-state index contributed by atoms with van der Waals surface area (Å²) in [6.07, 6.45) is 4.86. The van der Waals surface area contributed by atoms with Crippen molar-refractivity contribution in [1.82, 2.24) is 30.0 Å². The van der Waals surface area contributed by atoms with Gasteiger partial charge in [-0.1, -0.05) is 51.1 Å². The first-order chi connectivity index (χ1) is 37.3. The SMILES string of the molecule is CC(C)(C)[C@H](c1nc(-c2cc(F)ccc2F)cn1Cc1ccccc1)N(CCCN)C(=O)CSCCNC(=O)CCOCCOCCOCCOCCOCCOCCOCCOCCNC(=O)CCN1C(=O)C=CC1=O. The minimum atomic E-state index is -0.599. The standard InChI is InChI=1S/C54H79F2N7O13S/c1-54(2,3)52(53-60-46(44-38-43(55)10-11-45(44)56)40-61(53)39-42-8-5-4-6-9-42)63(19-7-16-57)51(68)41-77-37-18-59-48(65)15-21-69-23-25-71-27-29-73-31-33-75-35-36-76-34-32-74-30-28-72-26-24-70-22-17-58-47(64)14-20-62-49(66)12-13-50(62)67/h4-6,8-13,38,40,52H,7,14-37,39,41,57H2,1-3H3,(H,58,64)(H,59,65)/t52-/m0/s1. The normalized spacial score (nSPS) is 12.9. The Kier molecular flexibility index (Phi) is 31.4. The monoisotopic (exact) mass is 1100 g/mol. The lowest BCUT2D eigenvalue weighted by Gasteiger charge is -2.40. The average molecular weight is 1100 g/mol. The van der Waals surface area contributed by atoms with Gasteiger partial charge in [-0.3, -0.25) is 28.9 Å². The molecule has 4 rings (SSSR count). The van der Waals surface area contributed by atoms with Crippen molar-refractivity contribution in [2.24, 2.45) is 11.1 Å². The number of carbonyl (C=O) groups excluding carboxylic acids is 5. The van der Waals surface area contributed by atoms with E-state index in [4.69, 9.17) is 48.6 Å². The maximum atomic E-state index is 15.1. The molecular weight excluding hydrogens is 1020 g/mol. The van der Waals surface area contributed by atoms with Gasteiger partial charge in [0.25, 0.3) is 11.8 Å². The Bertz CT molecular complexity index is 2220. The lowest BCUT2D eigenvalue weighted by atomic mass is 9.84. The third-order valence-corrected chi connectivity index (χ3v) is 12.4. The van der Waals surface area contributed by atoms with Gasteiger partial charge in [0.1, 0.15) is 17.5 Å². The summed E-state index contributed by atoms with van der Waals surface area (Å²) in [5.74, 6) is -1.34. The minimum absolute atomic E-state index is 0.0351. The van der Waals surface area contributed by atoms with Gasteiger partial charge in [0.05, 0.1) is 123 Å². The second-order valence-corrected chi connectivity index (χ2v) is 19.6. The van der Waals surface area contributed by atoms with Crippen molar-refractivity contribution in [2.45, 2.75) is 52.6 Å². The van der Waals surface area contributed by atoms with E-state index in [0.717, 1.165) is 28.7 Å². The number of hydrogen-bond acceptors (Lipinski definition) is 16. The number of benzene rings is 2. The van der Waals surface area contributed by atoms with E-state index in [2.05, 4.69) is 10.6 Å². The van der Waals surface area contributed by atoms with Gasteiger partial charge in [-0.25, -0.2) is 13.8 Å². The number of thioether (sulfide) groups is 1. The van der Waals surface area contributed by atoms with Crippen LogP contribution in [0, 0.1) is 17.0 Å². The number of nitrogens with zero attached hydrogens (tertiary/aromatic N) is 4. The van der Waals surface area contributed by atoms with E-state index in [1.54, 1.807) is 11.1 Å². The average Bonchev–Trinajstić information content (AvgIpc) is 3.97. The number of amides is 5. The summed E-state index contributed by atoms with van der Waals surface area (Å²) in [4.78, 5) is 69.2. The zero-order chi connectivity index (χ0) is 55.5. The molecule has 4 N–H and O–H groups in total. The molecular formula is C54H79F2N7O13S. The molecule has 77 heavy (non-hydrogen) atoms. The van der Waals surface area contributed by atoms with Crippen LogP contribution in [0.1, 0.15) is 57.5 Å². The van der Waals surface area contributed by atoms with Crippen LogP contribution in [0.15, 0.2) is 66.9 Å². The van der Waals surface area contributed by atoms with E-state index < -0.39 is 34.9 Å². The van der Waals surface area contributed by atoms with Gasteiger partial charge in [-0.2, -0.15) is 11.8 Å². The van der Waals surface area contributed by atoms with Crippen LogP contribution in [0.2, 0.25) is 0 Å². The van der Waals surface area contributed by atoms with Crippen LogP contribution in [0.25, 0.3) is 11.3 Å². The molecule has 0 bridgehead atoms. The summed E-state index contributed by atoms with van der Waals surface area (Å²) >= 11 is 1.41. The second kappa shape index (κ2) is 37.6. The zero-order valence-corrected chi connectivity index (χ0v) is 45.7. The van der Waals surface area contributed by atoms with Crippen molar-refractivity contribution >= 4 is 41.3 Å². The third kappa shape index (κ3) is 25.9. The fourth-order valence-corrected chi connectivity index (χ4v) is 8.38. The summed E-state index contributed by atoms with van der Waals surface area (Å²) in [6, 6.07) is 12.5. The molecule has 0 unspecified atom stereocenters. The van der Waals surface area contributed by atoms with Crippen LogP contribution in [0.5, 0.6) is 0 Å². The topological polar surface area (TPSA) is 234 Å². The summed E-state index contributed by atoms with van der Waals surface area (Å²) in [6.45, 7) is 14.1. The Labute approximate surface area is 455 Å². The van der Waals surface area contributed by atoms with Gasteiger partial charge < -0.3 is 63.7 Å². The number of nitrogens with two attached hydrogens (primary N) is 1. The molecule has 0 spiro atoms. The number of hydrogen-bond donors (Lipinski definition) is 3. The smallest absolute Gasteiger partial charge is 0.253 e. The van der Waals surface area contributed by atoms with Gasteiger partial charge in [-0.15, -0.1) is 0 Å². The molecule has 1 atom stereocenters. The number of rotatable bonds is 43. The Hall–Kier alpha value is -5.21. The third-order valence-electron chi connectivity index (χ3n) is 11.4. The maximum Gasteiger partial charge on any atom is 0.253 e. The molecule has 5 amide bonds. The lowest BCUT2D eigenvalue weighted by Crippen LogP contribution is -2.44. The Morgan fingerprint density at radius 1 is 0.701 bits per heavy atom. The summed E-state index contributed by atoms with van der Waals surface area (Å²) in [7, 11) is 0. The van der Waals surface area contributed by atoms with E-state index in [-0.39, 0.29) is 60.7 Å². The first kappa shape index (κ1) is 64.3. The number of carbonyl (C=O) groups is 5. The molecule has 428 valence electrons. The van der Waals surface area contributed by atoms with Gasteiger partial charge in [0, 0.05) is 75.2 Å². The number of imide groups is 1. The van der Waals surface area contributed by atoms with Crippen LogP contribution in [0.4, 0.5) is 8.78 Å². The highest BCUT2D eigenvalue weighted by Gasteiger charge is 2.38. The predicted octanol–water partition coefficient (Wildman–Crippen LogP) is 3.94. The van der Waals surface area contributed by atoms with Crippen molar-refractivity contribution in [3.8, 4) is 11.3 Å². The Morgan fingerprint density at radius 2 is 1.22 bits per heavy atom. The van der Waals surface area contributed by atoms with E-state index in [1.165, 1.54) is 23.9 Å². The van der Waals surface area contributed by atoms with Gasteiger partial charge in [0.2, 0.25) is 17.7 Å². The number of ether oxygens (including phenoxy) is 8. The van der Waals surface area contributed by atoms with Crippen LogP contribution >= 0.6 is 11.8 Å². The molecule has 0 fully saturated rings. The molecule has 2 aromatic carbocycles. The molecule has 0 saturated carbocycles. The number of aromatic nitrogens is 2. The second-order valence-electron chi connectivity index (χ2n) is 18.5. The number of halogens is 2. The van der Waals surface area contributed by atoms with Crippen molar-refractivity contribution in [2.75, 3.05) is 150 Å². The molecule has 0 aliphatic carbocycles. The molecule has 2 heterocycles. The van der Waals surface area contributed by atoms with Crippen molar-refractivity contribution in [3.05, 3.63) is 89.9 Å². The maximum absolute atomic E-state index is 15.1. The fourth-order valence-electron chi connectivity index (χ4n) is 7.65. The molecule has 20 nitrogen and oxygen atoms in total. The highest BCUT2D eigenvalue weighted by Crippen LogP contribution is 2.40. The molecule has 1 aliphatic rings. The number of imidazole rings is 1. The molecule has 1 aromatic heterocycles. The van der Waals surface area contributed by atoms with Crippen LogP contribution in [-0.4, -0.2) is 199 Å². The Balaban J connectivity index is 0.948. The summed E-state index contributed by atoms with van der Waals surface area (Å²) in [5.41, 5.74) is 6.72. The lowest BCUT2D eigenvalue weighted by molar-refractivity contribution is -0.137. The molecule has 0 radical (unpaired) electrons.